The first-order chi connectivity index (χ1) is 31.4. The van der Waals surface area contributed by atoms with Crippen LogP contribution in [0.2, 0.25) is 0 Å². The van der Waals surface area contributed by atoms with Gasteiger partial charge in [0.1, 0.15) is 36.5 Å². The fourth-order valence-corrected chi connectivity index (χ4v) is 8.53. The molecular formula is C52H60F4N2O5P+. The Hall–Kier alpha value is -4.90. The second kappa shape index (κ2) is 26.8. The summed E-state index contributed by atoms with van der Waals surface area (Å²) in [6, 6.07) is 24.6. The van der Waals surface area contributed by atoms with E-state index in [-0.39, 0.29) is 36.5 Å². The third kappa shape index (κ3) is 15.7. The zero-order valence-electron chi connectivity index (χ0n) is 36.5. The molecule has 6 aromatic rings. The Balaban J connectivity index is 0.834. The number of furan rings is 2. The molecule has 0 atom stereocenters. The van der Waals surface area contributed by atoms with Crippen molar-refractivity contribution in [2.24, 2.45) is 0 Å². The minimum atomic E-state index is -2.29. The van der Waals surface area contributed by atoms with E-state index in [0.717, 1.165) is 109 Å². The van der Waals surface area contributed by atoms with Gasteiger partial charge in [0, 0.05) is 39.9 Å². The standard InChI is InChI=1S/C52H60F4N2O5P/c53-49-21-11-9-17-39(49)15-5-1-3-7-19-41-33-51(55)45(31-47(41)43-23-29-60-37-43)35-57-25-13-27-62-64(59)63-28-14-26-58-36-46-32-48(44-24-30-61-38-44)42(34-52(46)56)20-8-4-2-6-16-40-18-10-12-22-50(40)54/h9-12,17-18,21-24,29-34,37-38,57-58H,1-8,13-16,19-20,25-28,35-36H2/q+1. The molecule has 6 rings (SSSR count). The monoisotopic (exact) mass is 899 g/mol. The Bertz CT molecular complexity index is 2140. The van der Waals surface area contributed by atoms with E-state index in [0.29, 0.717) is 63.0 Å². The van der Waals surface area contributed by atoms with Crippen LogP contribution in [-0.4, -0.2) is 26.3 Å². The summed E-state index contributed by atoms with van der Waals surface area (Å²) in [5.41, 5.74) is 8.13. The lowest BCUT2D eigenvalue weighted by Crippen LogP contribution is -2.17. The van der Waals surface area contributed by atoms with Crippen LogP contribution >= 0.6 is 8.25 Å². The second-order valence-electron chi connectivity index (χ2n) is 16.2. The van der Waals surface area contributed by atoms with Crippen molar-refractivity contribution in [1.29, 1.82) is 0 Å². The fraction of sp³-hybridized carbons (Fsp3) is 0.385. The summed E-state index contributed by atoms with van der Waals surface area (Å²) >= 11 is 0. The molecule has 2 heterocycles. The molecule has 64 heavy (non-hydrogen) atoms. The van der Waals surface area contributed by atoms with E-state index in [9.17, 15) is 13.3 Å². The molecule has 0 aliphatic rings. The molecule has 0 unspecified atom stereocenters. The maximum atomic E-state index is 15.3. The molecule has 2 aromatic heterocycles. The van der Waals surface area contributed by atoms with Crippen molar-refractivity contribution in [2.45, 2.75) is 103 Å². The lowest BCUT2D eigenvalue weighted by molar-refractivity contribution is 0.220. The molecule has 340 valence electrons. The Labute approximate surface area is 375 Å². The van der Waals surface area contributed by atoms with Gasteiger partial charge in [0.05, 0.1) is 25.1 Å². The quantitative estimate of drug-likeness (QED) is 0.0265. The van der Waals surface area contributed by atoms with Crippen LogP contribution in [0.5, 0.6) is 0 Å². The number of nitrogens with one attached hydrogen (secondary N) is 2. The van der Waals surface area contributed by atoms with Crippen LogP contribution in [0.15, 0.2) is 119 Å². The first kappa shape index (κ1) is 48.6. The highest BCUT2D eigenvalue weighted by atomic mass is 31.1. The lowest BCUT2D eigenvalue weighted by Gasteiger charge is -2.13. The highest BCUT2D eigenvalue weighted by molar-refractivity contribution is 7.33. The summed E-state index contributed by atoms with van der Waals surface area (Å²) < 4.78 is 92.2. The number of hydrogen-bond acceptors (Lipinski definition) is 7. The number of rotatable bonds is 30. The minimum absolute atomic E-state index is 0.156. The van der Waals surface area contributed by atoms with Crippen molar-refractivity contribution in [3.63, 3.8) is 0 Å². The van der Waals surface area contributed by atoms with Gasteiger partial charge in [-0.25, -0.2) is 17.6 Å². The summed E-state index contributed by atoms with van der Waals surface area (Å²) in [6.45, 7) is 2.13. The van der Waals surface area contributed by atoms with Gasteiger partial charge in [-0.2, -0.15) is 0 Å². The van der Waals surface area contributed by atoms with Crippen LogP contribution in [0.4, 0.5) is 17.6 Å². The molecule has 0 saturated carbocycles. The van der Waals surface area contributed by atoms with E-state index in [2.05, 4.69) is 10.6 Å². The minimum Gasteiger partial charge on any atom is -0.472 e. The smallest absolute Gasteiger partial charge is 0.472 e. The molecule has 7 nitrogen and oxygen atoms in total. The van der Waals surface area contributed by atoms with E-state index in [1.807, 2.05) is 48.5 Å². The SMILES string of the molecule is O=[P+](OCCCNCc1cc(-c2ccoc2)c(CCCCCCc2ccccc2F)cc1F)OCCCNCc1cc(-c2ccoc2)c(CCCCCCc2ccccc2F)cc1F. The zero-order valence-corrected chi connectivity index (χ0v) is 37.4. The Morgan fingerprint density at radius 1 is 0.453 bits per heavy atom. The molecule has 0 saturated heterocycles. The van der Waals surface area contributed by atoms with Gasteiger partial charge in [0.25, 0.3) is 0 Å². The Morgan fingerprint density at radius 2 is 0.859 bits per heavy atom. The number of hydrogen-bond donors (Lipinski definition) is 2. The van der Waals surface area contributed by atoms with Crippen molar-refractivity contribution in [3.05, 3.63) is 167 Å². The molecule has 2 N–H and O–H groups in total. The van der Waals surface area contributed by atoms with Crippen molar-refractivity contribution in [2.75, 3.05) is 26.3 Å². The maximum absolute atomic E-state index is 15.3. The summed E-state index contributed by atoms with van der Waals surface area (Å²) in [4.78, 5) is 0. The number of aryl methyl sites for hydroxylation is 4. The molecule has 4 aromatic carbocycles. The maximum Gasteiger partial charge on any atom is 0.697 e. The molecule has 0 fully saturated rings. The van der Waals surface area contributed by atoms with Gasteiger partial charge in [-0.05, 0) is 159 Å². The molecular weight excluding hydrogens is 840 g/mol. The summed E-state index contributed by atoms with van der Waals surface area (Å²) in [5, 5.41) is 6.51. The Morgan fingerprint density at radius 3 is 1.25 bits per heavy atom. The average molecular weight is 900 g/mol. The molecule has 12 heteroatoms. The van der Waals surface area contributed by atoms with Crippen molar-refractivity contribution < 1.29 is 40.0 Å². The van der Waals surface area contributed by atoms with E-state index in [4.69, 9.17) is 17.9 Å². The van der Waals surface area contributed by atoms with Gasteiger partial charge >= 0.3 is 8.25 Å². The normalized spacial score (nSPS) is 11.4. The predicted molar refractivity (Wildman–Crippen MR) is 245 cm³/mol. The summed E-state index contributed by atoms with van der Waals surface area (Å²) in [5.74, 6) is -0.854. The summed E-state index contributed by atoms with van der Waals surface area (Å²) in [7, 11) is -2.29. The van der Waals surface area contributed by atoms with Crippen LogP contribution in [-0.2, 0) is 52.4 Å². The van der Waals surface area contributed by atoms with E-state index in [1.165, 1.54) is 12.1 Å². The first-order valence-corrected chi connectivity index (χ1v) is 23.7. The van der Waals surface area contributed by atoms with Gasteiger partial charge in [0.15, 0.2) is 0 Å². The van der Waals surface area contributed by atoms with Crippen LogP contribution in [0.3, 0.4) is 0 Å². The van der Waals surface area contributed by atoms with Gasteiger partial charge in [-0.15, -0.1) is 9.05 Å². The van der Waals surface area contributed by atoms with Gasteiger partial charge in [0.2, 0.25) is 0 Å². The number of unbranched alkanes of at least 4 members (excludes halogenated alkanes) is 6. The second-order valence-corrected chi connectivity index (χ2v) is 17.2. The highest BCUT2D eigenvalue weighted by Crippen LogP contribution is 2.31. The Kier molecular flexibility index (Phi) is 20.3. The first-order valence-electron chi connectivity index (χ1n) is 22.6. The van der Waals surface area contributed by atoms with Crippen molar-refractivity contribution in [1.82, 2.24) is 10.6 Å². The predicted octanol–water partition coefficient (Wildman–Crippen LogP) is 13.8. The van der Waals surface area contributed by atoms with Crippen molar-refractivity contribution >= 4 is 8.25 Å². The number of benzene rings is 4. The third-order valence-corrected chi connectivity index (χ3v) is 12.2. The molecule has 0 radical (unpaired) electrons. The van der Waals surface area contributed by atoms with Crippen LogP contribution in [0, 0.1) is 23.3 Å². The molecule has 0 spiro atoms. The fourth-order valence-electron chi connectivity index (χ4n) is 7.90. The molecule has 0 aliphatic heterocycles. The van der Waals surface area contributed by atoms with E-state index < -0.39 is 8.25 Å². The molecule has 0 amide bonds. The molecule has 0 bridgehead atoms. The van der Waals surface area contributed by atoms with Crippen LogP contribution in [0.1, 0.15) is 97.6 Å². The summed E-state index contributed by atoms with van der Waals surface area (Å²) in [6.07, 6.45) is 18.1. The van der Waals surface area contributed by atoms with E-state index >= 15 is 8.78 Å². The van der Waals surface area contributed by atoms with Crippen LogP contribution < -0.4 is 10.6 Å². The highest BCUT2D eigenvalue weighted by Gasteiger charge is 2.20. The topological polar surface area (TPSA) is 85.9 Å². The zero-order chi connectivity index (χ0) is 44.8. The average Bonchev–Trinajstić information content (AvgIpc) is 4.04. The van der Waals surface area contributed by atoms with Crippen LogP contribution in [0.25, 0.3) is 22.3 Å². The lowest BCUT2D eigenvalue weighted by atomic mass is 9.94. The number of halogens is 4. The molecule has 0 aliphatic carbocycles. The third-order valence-electron chi connectivity index (χ3n) is 11.4. The van der Waals surface area contributed by atoms with Gasteiger partial charge in [-0.1, -0.05) is 62.1 Å². The van der Waals surface area contributed by atoms with Gasteiger partial charge < -0.3 is 19.5 Å². The largest absolute Gasteiger partial charge is 0.697 e. The van der Waals surface area contributed by atoms with E-state index in [1.54, 1.807) is 49.3 Å². The van der Waals surface area contributed by atoms with Crippen molar-refractivity contribution in [3.8, 4) is 22.3 Å². The van der Waals surface area contributed by atoms with Gasteiger partial charge in [-0.3, -0.25) is 0 Å².